The zero-order chi connectivity index (χ0) is 10.8. The first-order chi connectivity index (χ1) is 6.43. The van der Waals surface area contributed by atoms with Gasteiger partial charge in [-0.3, -0.25) is 4.79 Å². The third-order valence-electron chi connectivity index (χ3n) is 2.04. The number of carboxylic acid groups (broad SMARTS) is 1. The molecule has 0 radical (unpaired) electrons. The van der Waals surface area contributed by atoms with Gasteiger partial charge < -0.3 is 20.3 Å². The van der Waals surface area contributed by atoms with E-state index >= 15 is 0 Å². The second-order valence-electron chi connectivity index (χ2n) is 3.36. The third-order valence-corrected chi connectivity index (χ3v) is 2.04. The topological polar surface area (TPSA) is 95.9 Å². The number of aliphatic hydroxyl groups is 1. The van der Waals surface area contributed by atoms with E-state index in [9.17, 15) is 9.59 Å². The number of carbonyl (C=O) groups is 2. The average molecular weight is 203 g/mol. The molecule has 0 bridgehead atoms. The second kappa shape index (κ2) is 3.93. The molecule has 1 aliphatic rings. The van der Waals surface area contributed by atoms with E-state index in [-0.39, 0.29) is 0 Å². The van der Waals surface area contributed by atoms with Crippen molar-refractivity contribution in [2.75, 3.05) is 6.54 Å². The van der Waals surface area contributed by atoms with E-state index < -0.39 is 23.8 Å². The average Bonchev–Trinajstić information content (AvgIpc) is 2.54. The van der Waals surface area contributed by atoms with Gasteiger partial charge in [0.25, 0.3) is 0 Å². The summed E-state index contributed by atoms with van der Waals surface area (Å²) < 4.78 is 4.44. The molecule has 3 N–H and O–H groups in total. The minimum atomic E-state index is -2.44. The SMILES string of the molecule is CC(O)(OC(=O)C1CCCN1)C(=O)O. The first-order valence-electron chi connectivity index (χ1n) is 4.35. The molecule has 1 aliphatic heterocycles. The van der Waals surface area contributed by atoms with E-state index in [4.69, 9.17) is 10.2 Å². The van der Waals surface area contributed by atoms with Crippen LogP contribution in [0.1, 0.15) is 19.8 Å². The molecule has 6 nitrogen and oxygen atoms in total. The molecule has 80 valence electrons. The highest BCUT2D eigenvalue weighted by molar-refractivity contribution is 5.82. The maximum atomic E-state index is 11.3. The van der Waals surface area contributed by atoms with Gasteiger partial charge in [0.15, 0.2) is 0 Å². The molecule has 1 saturated heterocycles. The fraction of sp³-hybridized carbons (Fsp3) is 0.750. The Morgan fingerprint density at radius 2 is 2.21 bits per heavy atom. The smallest absolute Gasteiger partial charge is 0.376 e. The van der Waals surface area contributed by atoms with Crippen LogP contribution in [0, 0.1) is 0 Å². The highest BCUT2D eigenvalue weighted by Crippen LogP contribution is 2.12. The van der Waals surface area contributed by atoms with Gasteiger partial charge >= 0.3 is 17.7 Å². The minimum absolute atomic E-state index is 0.499. The lowest BCUT2D eigenvalue weighted by Crippen LogP contribution is -2.44. The zero-order valence-corrected chi connectivity index (χ0v) is 7.82. The summed E-state index contributed by atoms with van der Waals surface area (Å²) in [6.45, 7) is 1.62. The summed E-state index contributed by atoms with van der Waals surface area (Å²) in [6, 6.07) is -0.499. The molecule has 0 aromatic carbocycles. The van der Waals surface area contributed by atoms with Gasteiger partial charge in [0.2, 0.25) is 0 Å². The first-order valence-corrected chi connectivity index (χ1v) is 4.35. The van der Waals surface area contributed by atoms with Crippen LogP contribution >= 0.6 is 0 Å². The van der Waals surface area contributed by atoms with Crippen LogP contribution < -0.4 is 5.32 Å². The van der Waals surface area contributed by atoms with E-state index in [2.05, 4.69) is 10.1 Å². The molecule has 6 heteroatoms. The number of nitrogens with one attached hydrogen (secondary N) is 1. The number of rotatable bonds is 3. The zero-order valence-electron chi connectivity index (χ0n) is 7.82. The molecule has 0 aromatic heterocycles. The summed E-state index contributed by atoms with van der Waals surface area (Å²) >= 11 is 0. The van der Waals surface area contributed by atoms with Gasteiger partial charge in [-0.05, 0) is 19.4 Å². The van der Waals surface area contributed by atoms with Gasteiger partial charge in [-0.25, -0.2) is 4.79 Å². The fourth-order valence-corrected chi connectivity index (χ4v) is 1.20. The minimum Gasteiger partial charge on any atom is -0.476 e. The molecule has 1 rings (SSSR count). The van der Waals surface area contributed by atoms with Crippen molar-refractivity contribution in [2.24, 2.45) is 0 Å². The predicted molar refractivity (Wildman–Crippen MR) is 45.4 cm³/mol. The monoisotopic (exact) mass is 203 g/mol. The summed E-state index contributed by atoms with van der Waals surface area (Å²) in [5, 5.41) is 20.5. The number of hydrogen-bond acceptors (Lipinski definition) is 5. The summed E-state index contributed by atoms with van der Waals surface area (Å²) in [6.07, 6.45) is 1.45. The molecule has 1 fully saturated rings. The van der Waals surface area contributed by atoms with E-state index in [0.717, 1.165) is 13.3 Å². The molecule has 14 heavy (non-hydrogen) atoms. The fourth-order valence-electron chi connectivity index (χ4n) is 1.20. The molecular formula is C8H13NO5. The van der Waals surface area contributed by atoms with Gasteiger partial charge in [-0.1, -0.05) is 0 Å². The van der Waals surface area contributed by atoms with Crippen LogP contribution in [-0.4, -0.2) is 40.5 Å². The maximum absolute atomic E-state index is 11.3. The highest BCUT2D eigenvalue weighted by atomic mass is 16.7. The van der Waals surface area contributed by atoms with Crippen LogP contribution in [0.25, 0.3) is 0 Å². The Morgan fingerprint density at radius 1 is 1.57 bits per heavy atom. The lowest BCUT2D eigenvalue weighted by Gasteiger charge is -2.20. The molecule has 2 atom stereocenters. The van der Waals surface area contributed by atoms with Crippen LogP contribution in [0.15, 0.2) is 0 Å². The Labute approximate surface area is 80.9 Å². The normalized spacial score (nSPS) is 25.4. The van der Waals surface area contributed by atoms with Crippen molar-refractivity contribution in [3.63, 3.8) is 0 Å². The number of carboxylic acids is 1. The largest absolute Gasteiger partial charge is 0.476 e. The van der Waals surface area contributed by atoms with Gasteiger partial charge in [-0.15, -0.1) is 0 Å². The number of aliphatic carboxylic acids is 1. The highest BCUT2D eigenvalue weighted by Gasteiger charge is 2.37. The Morgan fingerprint density at radius 3 is 2.64 bits per heavy atom. The van der Waals surface area contributed by atoms with Crippen molar-refractivity contribution >= 4 is 11.9 Å². The Hall–Kier alpha value is -1.14. The third kappa shape index (κ3) is 2.43. The van der Waals surface area contributed by atoms with Crippen molar-refractivity contribution < 1.29 is 24.5 Å². The summed E-state index contributed by atoms with van der Waals surface area (Å²) in [5.41, 5.74) is 0. The van der Waals surface area contributed by atoms with Crippen LogP contribution in [-0.2, 0) is 14.3 Å². The Balaban J connectivity index is 2.51. The van der Waals surface area contributed by atoms with Gasteiger partial charge in [0.05, 0.1) is 0 Å². The number of hydrogen-bond donors (Lipinski definition) is 3. The summed E-state index contributed by atoms with van der Waals surface area (Å²) in [4.78, 5) is 21.7. The van der Waals surface area contributed by atoms with E-state index in [1.807, 2.05) is 0 Å². The molecule has 0 saturated carbocycles. The van der Waals surface area contributed by atoms with Crippen molar-refractivity contribution in [1.82, 2.24) is 5.32 Å². The number of ether oxygens (including phenoxy) is 1. The van der Waals surface area contributed by atoms with Crippen molar-refractivity contribution in [1.29, 1.82) is 0 Å². The van der Waals surface area contributed by atoms with Crippen LogP contribution in [0.3, 0.4) is 0 Å². The number of esters is 1. The van der Waals surface area contributed by atoms with Crippen LogP contribution in [0.4, 0.5) is 0 Å². The molecule has 2 unspecified atom stereocenters. The first kappa shape index (κ1) is 10.9. The standard InChI is InChI=1S/C8H13NO5/c1-8(13,7(11)12)14-6(10)5-3-2-4-9-5/h5,9,13H,2-4H2,1H3,(H,11,12). The number of carbonyl (C=O) groups excluding carboxylic acids is 1. The molecule has 1 heterocycles. The molecule has 0 aromatic rings. The van der Waals surface area contributed by atoms with Crippen molar-refractivity contribution in [3.05, 3.63) is 0 Å². The molecular weight excluding hydrogens is 190 g/mol. The van der Waals surface area contributed by atoms with E-state index in [0.29, 0.717) is 13.0 Å². The van der Waals surface area contributed by atoms with Gasteiger partial charge in [0, 0.05) is 6.92 Å². The van der Waals surface area contributed by atoms with Gasteiger partial charge in [0.1, 0.15) is 6.04 Å². The predicted octanol–water partition coefficient (Wildman–Crippen LogP) is -0.925. The summed E-state index contributed by atoms with van der Waals surface area (Å²) in [7, 11) is 0. The Bertz CT molecular complexity index is 244. The van der Waals surface area contributed by atoms with Gasteiger partial charge in [-0.2, -0.15) is 0 Å². The van der Waals surface area contributed by atoms with Crippen LogP contribution in [0.2, 0.25) is 0 Å². The van der Waals surface area contributed by atoms with E-state index in [1.165, 1.54) is 0 Å². The quantitative estimate of drug-likeness (QED) is 0.405. The molecule has 0 aliphatic carbocycles. The van der Waals surface area contributed by atoms with Crippen molar-refractivity contribution in [2.45, 2.75) is 31.6 Å². The lowest BCUT2D eigenvalue weighted by molar-refractivity contribution is -0.218. The van der Waals surface area contributed by atoms with Crippen LogP contribution in [0.5, 0.6) is 0 Å². The summed E-state index contributed by atoms with van der Waals surface area (Å²) in [5.74, 6) is -4.75. The maximum Gasteiger partial charge on any atom is 0.376 e. The Kier molecular flexibility index (Phi) is 3.07. The van der Waals surface area contributed by atoms with E-state index in [1.54, 1.807) is 0 Å². The van der Waals surface area contributed by atoms with Crippen molar-refractivity contribution in [3.8, 4) is 0 Å². The molecule has 0 spiro atoms. The lowest BCUT2D eigenvalue weighted by atomic mass is 10.2. The molecule has 0 amide bonds. The second-order valence-corrected chi connectivity index (χ2v) is 3.36.